The number of nitrogen functional groups attached to an aromatic ring is 1. The van der Waals surface area contributed by atoms with E-state index in [0.717, 1.165) is 4.90 Å². The Balaban J connectivity index is 2.55. The Kier molecular flexibility index (Phi) is 4.74. The topological polar surface area (TPSA) is 126 Å². The van der Waals surface area contributed by atoms with Crippen molar-refractivity contribution in [2.24, 2.45) is 0 Å². The molecule has 0 atom stereocenters. The van der Waals surface area contributed by atoms with Gasteiger partial charge in [-0.2, -0.15) is 0 Å². The summed E-state index contributed by atoms with van der Waals surface area (Å²) in [5.74, 6) is 0.148. The number of carboxylic acid groups (broad SMARTS) is 1. The monoisotopic (exact) mass is 350 g/mol. The van der Waals surface area contributed by atoms with Crippen LogP contribution in [0.2, 0.25) is 0 Å². The molecule has 128 valence electrons. The van der Waals surface area contributed by atoms with Crippen LogP contribution >= 0.6 is 0 Å². The standard InChI is InChI=1S/C15H18N4O4S/c1-9(2)24(22,23)12-6-11(8-18-14(12)16)10-4-5-17-13(7-10)19(3)15(20)21/h4-9H,1-3H3,(H2,16,18)(H,20,21). The molecule has 0 saturated carbocycles. The van der Waals surface area contributed by atoms with E-state index in [2.05, 4.69) is 9.97 Å². The van der Waals surface area contributed by atoms with Crippen LogP contribution in [0.1, 0.15) is 13.8 Å². The lowest BCUT2D eigenvalue weighted by Gasteiger charge is -2.14. The van der Waals surface area contributed by atoms with Crippen molar-refractivity contribution < 1.29 is 18.3 Å². The number of aromatic nitrogens is 2. The number of nitrogens with zero attached hydrogens (tertiary/aromatic N) is 3. The Morgan fingerprint density at radius 3 is 2.50 bits per heavy atom. The minimum atomic E-state index is -3.59. The highest BCUT2D eigenvalue weighted by molar-refractivity contribution is 7.92. The van der Waals surface area contributed by atoms with Crippen molar-refractivity contribution in [1.82, 2.24) is 9.97 Å². The second-order valence-electron chi connectivity index (χ2n) is 5.45. The van der Waals surface area contributed by atoms with Crippen LogP contribution in [0, 0.1) is 0 Å². The van der Waals surface area contributed by atoms with Crippen molar-refractivity contribution in [3.05, 3.63) is 30.6 Å². The van der Waals surface area contributed by atoms with Gasteiger partial charge >= 0.3 is 6.09 Å². The largest absolute Gasteiger partial charge is 0.465 e. The van der Waals surface area contributed by atoms with Gasteiger partial charge in [-0.05, 0) is 37.6 Å². The SMILES string of the molecule is CC(C)S(=O)(=O)c1cc(-c2ccnc(N(C)C(=O)O)c2)cnc1N. The number of hydrogen-bond acceptors (Lipinski definition) is 6. The molecule has 0 aliphatic heterocycles. The molecule has 0 aliphatic rings. The molecule has 0 bridgehead atoms. The smallest absolute Gasteiger partial charge is 0.412 e. The normalized spacial score (nSPS) is 11.5. The zero-order valence-electron chi connectivity index (χ0n) is 13.5. The lowest BCUT2D eigenvalue weighted by Crippen LogP contribution is -2.24. The van der Waals surface area contributed by atoms with E-state index in [1.165, 1.54) is 31.6 Å². The molecule has 2 aromatic rings. The Hall–Kier alpha value is -2.68. The van der Waals surface area contributed by atoms with Crippen LogP contribution in [-0.4, -0.2) is 41.9 Å². The Bertz CT molecular complexity index is 881. The number of carbonyl (C=O) groups is 1. The summed E-state index contributed by atoms with van der Waals surface area (Å²) in [6, 6.07) is 4.61. The molecular weight excluding hydrogens is 332 g/mol. The van der Waals surface area contributed by atoms with Gasteiger partial charge in [0.15, 0.2) is 9.84 Å². The molecule has 0 aliphatic carbocycles. The first-order chi connectivity index (χ1) is 11.1. The van der Waals surface area contributed by atoms with E-state index < -0.39 is 21.2 Å². The van der Waals surface area contributed by atoms with Crippen molar-refractivity contribution in [3.8, 4) is 11.1 Å². The van der Waals surface area contributed by atoms with Crippen LogP contribution in [0.25, 0.3) is 11.1 Å². The maximum absolute atomic E-state index is 12.4. The van der Waals surface area contributed by atoms with Gasteiger partial charge in [-0.15, -0.1) is 0 Å². The van der Waals surface area contributed by atoms with Crippen molar-refractivity contribution in [2.45, 2.75) is 24.0 Å². The van der Waals surface area contributed by atoms with E-state index in [4.69, 9.17) is 10.8 Å². The summed E-state index contributed by atoms with van der Waals surface area (Å²) in [7, 11) is -2.22. The van der Waals surface area contributed by atoms with E-state index in [1.54, 1.807) is 19.9 Å². The first-order valence-corrected chi connectivity index (χ1v) is 8.61. The van der Waals surface area contributed by atoms with Crippen LogP contribution in [0.3, 0.4) is 0 Å². The number of hydrogen-bond donors (Lipinski definition) is 2. The average molecular weight is 350 g/mol. The molecule has 0 aromatic carbocycles. The highest BCUT2D eigenvalue weighted by Gasteiger charge is 2.23. The molecule has 2 aromatic heterocycles. The van der Waals surface area contributed by atoms with Gasteiger partial charge in [-0.25, -0.2) is 23.2 Å². The average Bonchev–Trinajstić information content (AvgIpc) is 2.54. The summed E-state index contributed by atoms with van der Waals surface area (Å²) in [5, 5.41) is 8.39. The van der Waals surface area contributed by atoms with E-state index in [9.17, 15) is 13.2 Å². The molecule has 0 radical (unpaired) electrons. The van der Waals surface area contributed by atoms with Crippen LogP contribution in [-0.2, 0) is 9.84 Å². The van der Waals surface area contributed by atoms with Gasteiger partial charge in [0.05, 0.1) is 5.25 Å². The molecule has 0 spiro atoms. The lowest BCUT2D eigenvalue weighted by atomic mass is 10.1. The fourth-order valence-electron chi connectivity index (χ4n) is 1.97. The third-order valence-electron chi connectivity index (χ3n) is 3.52. The summed E-state index contributed by atoms with van der Waals surface area (Å²) >= 11 is 0. The number of anilines is 2. The Morgan fingerprint density at radius 2 is 1.92 bits per heavy atom. The van der Waals surface area contributed by atoms with Gasteiger partial charge in [-0.3, -0.25) is 4.90 Å². The second-order valence-corrected chi connectivity index (χ2v) is 7.92. The molecule has 0 saturated heterocycles. The third kappa shape index (κ3) is 3.30. The Morgan fingerprint density at radius 1 is 1.25 bits per heavy atom. The van der Waals surface area contributed by atoms with Crippen LogP contribution < -0.4 is 10.6 Å². The molecule has 24 heavy (non-hydrogen) atoms. The summed E-state index contributed by atoms with van der Waals surface area (Å²) < 4.78 is 24.8. The van der Waals surface area contributed by atoms with Crippen molar-refractivity contribution in [3.63, 3.8) is 0 Å². The van der Waals surface area contributed by atoms with Gasteiger partial charge in [0.25, 0.3) is 0 Å². The predicted octanol–water partition coefficient (Wildman–Crippen LogP) is 2.02. The minimum absolute atomic E-state index is 0.0417. The van der Waals surface area contributed by atoms with E-state index in [1.807, 2.05) is 0 Å². The molecule has 9 heteroatoms. The molecule has 0 fully saturated rings. The molecule has 3 N–H and O–H groups in total. The number of rotatable bonds is 4. The fourth-order valence-corrected chi connectivity index (χ4v) is 3.12. The van der Waals surface area contributed by atoms with Crippen molar-refractivity contribution in [1.29, 1.82) is 0 Å². The number of amides is 1. The first kappa shape index (κ1) is 17.7. The van der Waals surface area contributed by atoms with Gasteiger partial charge in [-0.1, -0.05) is 0 Å². The predicted molar refractivity (Wildman–Crippen MR) is 90.6 cm³/mol. The number of pyridine rings is 2. The Labute approximate surface area is 139 Å². The van der Waals surface area contributed by atoms with Gasteiger partial charge < -0.3 is 10.8 Å². The summed E-state index contributed by atoms with van der Waals surface area (Å²) in [4.78, 5) is 19.9. The zero-order valence-corrected chi connectivity index (χ0v) is 14.3. The molecular formula is C15H18N4O4S. The minimum Gasteiger partial charge on any atom is -0.465 e. The summed E-state index contributed by atoms with van der Waals surface area (Å²) in [6.45, 7) is 3.13. The summed E-state index contributed by atoms with van der Waals surface area (Å²) in [6.07, 6.45) is 1.73. The fraction of sp³-hybridized carbons (Fsp3) is 0.267. The molecule has 8 nitrogen and oxygen atoms in total. The molecule has 0 unspecified atom stereocenters. The van der Waals surface area contributed by atoms with E-state index in [0.29, 0.717) is 11.1 Å². The van der Waals surface area contributed by atoms with E-state index in [-0.39, 0.29) is 16.5 Å². The highest BCUT2D eigenvalue weighted by atomic mass is 32.2. The highest BCUT2D eigenvalue weighted by Crippen LogP contribution is 2.28. The maximum atomic E-state index is 12.4. The molecule has 2 heterocycles. The second kappa shape index (κ2) is 6.44. The van der Waals surface area contributed by atoms with Crippen LogP contribution in [0.5, 0.6) is 0 Å². The molecule has 2 rings (SSSR count). The number of sulfone groups is 1. The van der Waals surface area contributed by atoms with Crippen LogP contribution in [0.4, 0.5) is 16.4 Å². The first-order valence-electron chi connectivity index (χ1n) is 7.07. The third-order valence-corrected chi connectivity index (χ3v) is 5.70. The van der Waals surface area contributed by atoms with Crippen molar-refractivity contribution >= 4 is 27.6 Å². The van der Waals surface area contributed by atoms with Gasteiger partial charge in [0.2, 0.25) is 0 Å². The van der Waals surface area contributed by atoms with Gasteiger partial charge in [0, 0.05) is 25.0 Å². The summed E-state index contributed by atoms with van der Waals surface area (Å²) in [5.41, 5.74) is 6.81. The van der Waals surface area contributed by atoms with Crippen LogP contribution in [0.15, 0.2) is 35.5 Å². The zero-order chi connectivity index (χ0) is 18.1. The molecule has 1 amide bonds. The van der Waals surface area contributed by atoms with Crippen molar-refractivity contribution in [2.75, 3.05) is 17.7 Å². The quantitative estimate of drug-likeness (QED) is 0.863. The van der Waals surface area contributed by atoms with E-state index >= 15 is 0 Å². The lowest BCUT2D eigenvalue weighted by molar-refractivity contribution is 0.203. The van der Waals surface area contributed by atoms with Gasteiger partial charge in [0.1, 0.15) is 16.5 Å². The number of nitrogens with two attached hydrogens (primary N) is 1. The maximum Gasteiger partial charge on any atom is 0.412 e.